The summed E-state index contributed by atoms with van der Waals surface area (Å²) in [5.41, 5.74) is 2.88. The topological polar surface area (TPSA) is 60.4 Å². The van der Waals surface area contributed by atoms with E-state index in [-0.39, 0.29) is 5.82 Å². The fraction of sp³-hybridized carbons (Fsp3) is 0.0625. The number of hydrogen-bond donors (Lipinski definition) is 0. The van der Waals surface area contributed by atoms with Gasteiger partial charge in [-0.3, -0.25) is 0 Å². The highest BCUT2D eigenvalue weighted by Crippen LogP contribution is 2.25. The summed E-state index contributed by atoms with van der Waals surface area (Å²) in [5, 5.41) is 11.3. The SMILES string of the molecule is C/C(=C\c1nc2ccccn2c1[N+](=O)[O-])c1ccccc1. The van der Waals surface area contributed by atoms with Crippen LogP contribution in [0.25, 0.3) is 17.3 Å². The van der Waals surface area contributed by atoms with E-state index in [0.29, 0.717) is 11.3 Å². The van der Waals surface area contributed by atoms with E-state index in [1.54, 1.807) is 24.4 Å². The third-order valence-corrected chi connectivity index (χ3v) is 3.29. The van der Waals surface area contributed by atoms with Gasteiger partial charge in [0.25, 0.3) is 0 Å². The van der Waals surface area contributed by atoms with Crippen LogP contribution in [-0.4, -0.2) is 14.3 Å². The number of allylic oxidation sites excluding steroid dienone is 1. The molecule has 21 heavy (non-hydrogen) atoms. The Kier molecular flexibility index (Phi) is 3.23. The Hall–Kier alpha value is -2.95. The van der Waals surface area contributed by atoms with Crippen LogP contribution in [0.3, 0.4) is 0 Å². The number of benzene rings is 1. The molecule has 0 atom stereocenters. The number of nitrogens with zero attached hydrogens (tertiary/aromatic N) is 3. The Bertz CT molecular complexity index is 835. The third kappa shape index (κ3) is 2.41. The molecule has 0 amide bonds. The zero-order chi connectivity index (χ0) is 14.8. The molecule has 0 aliphatic carbocycles. The quantitative estimate of drug-likeness (QED) is 0.541. The third-order valence-electron chi connectivity index (χ3n) is 3.29. The van der Waals surface area contributed by atoms with Crippen molar-refractivity contribution in [1.29, 1.82) is 0 Å². The van der Waals surface area contributed by atoms with Crippen molar-refractivity contribution in [3.63, 3.8) is 0 Å². The van der Waals surface area contributed by atoms with Crippen LogP contribution < -0.4 is 0 Å². The van der Waals surface area contributed by atoms with Crippen molar-refractivity contribution in [1.82, 2.24) is 9.38 Å². The van der Waals surface area contributed by atoms with Gasteiger partial charge in [-0.1, -0.05) is 36.4 Å². The van der Waals surface area contributed by atoms with Gasteiger partial charge in [0.1, 0.15) is 0 Å². The van der Waals surface area contributed by atoms with Crippen LogP contribution in [0.4, 0.5) is 5.82 Å². The van der Waals surface area contributed by atoms with E-state index in [9.17, 15) is 10.1 Å². The highest BCUT2D eigenvalue weighted by atomic mass is 16.6. The van der Waals surface area contributed by atoms with Crippen molar-refractivity contribution in [2.24, 2.45) is 0 Å². The van der Waals surface area contributed by atoms with Gasteiger partial charge in [0, 0.05) is 6.07 Å². The van der Waals surface area contributed by atoms with E-state index in [1.807, 2.05) is 43.3 Å². The molecule has 104 valence electrons. The second-order valence-corrected chi connectivity index (χ2v) is 4.70. The average molecular weight is 279 g/mol. The van der Waals surface area contributed by atoms with Crippen LogP contribution in [0.15, 0.2) is 54.7 Å². The summed E-state index contributed by atoms with van der Waals surface area (Å²) in [7, 11) is 0. The summed E-state index contributed by atoms with van der Waals surface area (Å²) in [5.74, 6) is -0.0131. The molecule has 3 rings (SSSR count). The molecule has 5 heteroatoms. The highest BCUT2D eigenvalue weighted by molar-refractivity contribution is 5.82. The number of nitro groups is 1. The largest absolute Gasteiger partial charge is 0.358 e. The van der Waals surface area contributed by atoms with Crippen molar-refractivity contribution in [2.45, 2.75) is 6.92 Å². The number of hydrogen-bond acceptors (Lipinski definition) is 3. The van der Waals surface area contributed by atoms with Crippen molar-refractivity contribution in [3.8, 4) is 0 Å². The van der Waals surface area contributed by atoms with Crippen molar-refractivity contribution in [2.75, 3.05) is 0 Å². The number of pyridine rings is 1. The smallest absolute Gasteiger partial charge is 0.355 e. The molecular formula is C16H13N3O2. The molecular weight excluding hydrogens is 266 g/mol. The Morgan fingerprint density at radius 1 is 1.19 bits per heavy atom. The maximum Gasteiger partial charge on any atom is 0.355 e. The monoisotopic (exact) mass is 279 g/mol. The molecule has 2 heterocycles. The van der Waals surface area contributed by atoms with E-state index >= 15 is 0 Å². The van der Waals surface area contributed by atoms with Gasteiger partial charge in [-0.25, -0.2) is 4.98 Å². The first-order valence-corrected chi connectivity index (χ1v) is 6.52. The maximum atomic E-state index is 11.3. The van der Waals surface area contributed by atoms with Crippen LogP contribution in [0.5, 0.6) is 0 Å². The lowest BCUT2D eigenvalue weighted by atomic mass is 10.1. The fourth-order valence-corrected chi connectivity index (χ4v) is 2.27. The molecule has 3 aromatic rings. The molecule has 0 saturated carbocycles. The van der Waals surface area contributed by atoms with Crippen LogP contribution in [0.1, 0.15) is 18.2 Å². The van der Waals surface area contributed by atoms with Crippen molar-refractivity contribution in [3.05, 3.63) is 76.1 Å². The predicted octanol–water partition coefficient (Wildman–Crippen LogP) is 3.80. The van der Waals surface area contributed by atoms with Gasteiger partial charge in [-0.15, -0.1) is 0 Å². The van der Waals surface area contributed by atoms with Gasteiger partial charge in [-0.05, 0) is 35.1 Å². The maximum absolute atomic E-state index is 11.3. The first kappa shape index (κ1) is 13.1. The molecule has 2 aromatic heterocycles. The molecule has 0 spiro atoms. The summed E-state index contributed by atoms with van der Waals surface area (Å²) in [4.78, 5) is 15.3. The summed E-state index contributed by atoms with van der Waals surface area (Å²) < 4.78 is 1.49. The normalized spacial score (nSPS) is 11.8. The molecule has 5 nitrogen and oxygen atoms in total. The highest BCUT2D eigenvalue weighted by Gasteiger charge is 2.20. The van der Waals surface area contributed by atoms with Crippen LogP contribution in [0, 0.1) is 10.1 Å². The molecule has 0 aliphatic heterocycles. The second kappa shape index (κ2) is 5.20. The number of fused-ring (bicyclic) bond motifs is 1. The van der Waals surface area contributed by atoms with Gasteiger partial charge in [0.05, 0.1) is 6.20 Å². The van der Waals surface area contributed by atoms with E-state index in [4.69, 9.17) is 0 Å². The van der Waals surface area contributed by atoms with E-state index < -0.39 is 4.92 Å². The molecule has 0 unspecified atom stereocenters. The molecule has 0 fully saturated rings. The molecule has 0 N–H and O–H groups in total. The van der Waals surface area contributed by atoms with Crippen molar-refractivity contribution < 1.29 is 4.92 Å². The van der Waals surface area contributed by atoms with E-state index in [2.05, 4.69) is 4.98 Å². The Balaban J connectivity index is 2.17. The standard InChI is InChI=1S/C16H13N3O2/c1-12(13-7-3-2-4-8-13)11-14-16(19(20)21)18-10-6-5-9-15(18)17-14/h2-11H,1H3/b12-11+. The van der Waals surface area contributed by atoms with Crippen LogP contribution >= 0.6 is 0 Å². The van der Waals surface area contributed by atoms with Gasteiger partial charge in [-0.2, -0.15) is 4.40 Å². The minimum Gasteiger partial charge on any atom is -0.358 e. The number of imidazole rings is 1. The van der Waals surface area contributed by atoms with Gasteiger partial charge < -0.3 is 10.1 Å². The Morgan fingerprint density at radius 2 is 1.90 bits per heavy atom. The Labute approximate surface area is 121 Å². The summed E-state index contributed by atoms with van der Waals surface area (Å²) in [6.45, 7) is 1.92. The zero-order valence-electron chi connectivity index (χ0n) is 11.4. The molecule has 0 aliphatic rings. The van der Waals surface area contributed by atoms with Gasteiger partial charge in [0.15, 0.2) is 5.69 Å². The summed E-state index contributed by atoms with van der Waals surface area (Å²) >= 11 is 0. The number of aromatic nitrogens is 2. The van der Waals surface area contributed by atoms with Crippen molar-refractivity contribution >= 4 is 23.1 Å². The molecule has 1 aromatic carbocycles. The first-order chi connectivity index (χ1) is 10.2. The second-order valence-electron chi connectivity index (χ2n) is 4.70. The van der Waals surface area contributed by atoms with E-state index in [1.165, 1.54) is 4.40 Å². The van der Waals surface area contributed by atoms with Crippen LogP contribution in [-0.2, 0) is 0 Å². The zero-order valence-corrected chi connectivity index (χ0v) is 11.4. The summed E-state index contributed by atoms with van der Waals surface area (Å²) in [6.07, 6.45) is 3.40. The van der Waals surface area contributed by atoms with Gasteiger partial charge in [0.2, 0.25) is 5.65 Å². The molecule has 0 saturated heterocycles. The fourth-order valence-electron chi connectivity index (χ4n) is 2.27. The molecule has 0 bridgehead atoms. The average Bonchev–Trinajstić information content (AvgIpc) is 2.86. The predicted molar refractivity (Wildman–Crippen MR) is 81.8 cm³/mol. The first-order valence-electron chi connectivity index (χ1n) is 6.52. The number of rotatable bonds is 3. The lowest BCUT2D eigenvalue weighted by Gasteiger charge is -2.00. The minimum atomic E-state index is -0.399. The van der Waals surface area contributed by atoms with Crippen LogP contribution in [0.2, 0.25) is 0 Å². The van der Waals surface area contributed by atoms with E-state index in [0.717, 1.165) is 11.1 Å². The Morgan fingerprint density at radius 3 is 2.62 bits per heavy atom. The summed E-state index contributed by atoms with van der Waals surface area (Å²) in [6, 6.07) is 15.0. The molecule has 0 radical (unpaired) electrons. The van der Waals surface area contributed by atoms with Gasteiger partial charge >= 0.3 is 5.82 Å². The lowest BCUT2D eigenvalue weighted by Crippen LogP contribution is -1.95. The lowest BCUT2D eigenvalue weighted by molar-refractivity contribution is -0.390. The minimum absolute atomic E-state index is 0.0131.